The van der Waals surface area contributed by atoms with Crippen LogP contribution in [0.25, 0.3) is 0 Å². The molecular formula is C14H11NOS. The first-order chi connectivity index (χ1) is 8.35. The van der Waals surface area contributed by atoms with E-state index in [0.717, 1.165) is 10.6 Å². The molecule has 0 N–H and O–H groups in total. The fourth-order valence-corrected chi connectivity index (χ4v) is 2.06. The minimum Gasteiger partial charge on any atom is -0.456 e. The van der Waals surface area contributed by atoms with Crippen molar-refractivity contribution < 1.29 is 4.74 Å². The van der Waals surface area contributed by atoms with Crippen molar-refractivity contribution in [2.24, 2.45) is 0 Å². The lowest BCUT2D eigenvalue weighted by Crippen LogP contribution is -1.89. The Balaban J connectivity index is 2.37. The summed E-state index contributed by atoms with van der Waals surface area (Å²) >= 11 is 1.54. The topological polar surface area (TPSA) is 33.0 Å². The van der Waals surface area contributed by atoms with Gasteiger partial charge in [-0.1, -0.05) is 24.3 Å². The van der Waals surface area contributed by atoms with E-state index in [0.29, 0.717) is 11.3 Å². The molecule has 3 heteroatoms. The molecule has 0 atom stereocenters. The number of rotatable bonds is 3. The van der Waals surface area contributed by atoms with E-state index >= 15 is 0 Å². The Morgan fingerprint density at radius 2 is 1.82 bits per heavy atom. The molecule has 17 heavy (non-hydrogen) atoms. The maximum absolute atomic E-state index is 9.17. The molecule has 2 aromatic rings. The molecule has 0 aromatic heterocycles. The smallest absolute Gasteiger partial charge is 0.146 e. The van der Waals surface area contributed by atoms with Crippen LogP contribution in [-0.4, -0.2) is 6.26 Å². The molecule has 2 rings (SSSR count). The predicted octanol–water partition coefficient (Wildman–Crippen LogP) is 4.07. The van der Waals surface area contributed by atoms with Crippen molar-refractivity contribution in [2.45, 2.75) is 4.90 Å². The van der Waals surface area contributed by atoms with Crippen molar-refractivity contribution in [1.82, 2.24) is 0 Å². The summed E-state index contributed by atoms with van der Waals surface area (Å²) in [6.07, 6.45) is 1.95. The van der Waals surface area contributed by atoms with Crippen molar-refractivity contribution >= 4 is 11.8 Å². The van der Waals surface area contributed by atoms with Crippen LogP contribution in [0.5, 0.6) is 11.5 Å². The van der Waals surface area contributed by atoms with Crippen molar-refractivity contribution in [2.75, 3.05) is 6.26 Å². The Morgan fingerprint density at radius 1 is 1.06 bits per heavy atom. The summed E-state index contributed by atoms with van der Waals surface area (Å²) in [5, 5.41) is 9.17. The molecule has 0 fully saturated rings. The van der Waals surface area contributed by atoms with Crippen LogP contribution in [0, 0.1) is 11.3 Å². The van der Waals surface area contributed by atoms with Crippen LogP contribution in [0.4, 0.5) is 0 Å². The first-order valence-corrected chi connectivity index (χ1v) is 6.37. The van der Waals surface area contributed by atoms with E-state index < -0.39 is 0 Å². The molecule has 0 saturated carbocycles. The first kappa shape index (κ1) is 11.6. The molecule has 0 heterocycles. The van der Waals surface area contributed by atoms with E-state index in [4.69, 9.17) is 10.00 Å². The quantitative estimate of drug-likeness (QED) is 0.759. The van der Waals surface area contributed by atoms with E-state index in [1.54, 1.807) is 11.8 Å². The number of nitrogens with zero attached hydrogens (tertiary/aromatic N) is 1. The maximum atomic E-state index is 9.17. The summed E-state index contributed by atoms with van der Waals surface area (Å²) in [7, 11) is 0. The Bertz CT molecular complexity index is 546. The molecule has 2 aromatic carbocycles. The zero-order chi connectivity index (χ0) is 12.1. The highest BCUT2D eigenvalue weighted by molar-refractivity contribution is 7.98. The van der Waals surface area contributed by atoms with Crippen molar-refractivity contribution in [3.8, 4) is 17.6 Å². The minimum atomic E-state index is 0.587. The monoisotopic (exact) mass is 241 g/mol. The lowest BCUT2D eigenvalue weighted by Gasteiger charge is -2.09. The van der Waals surface area contributed by atoms with Crippen LogP contribution < -0.4 is 4.74 Å². The number of para-hydroxylation sites is 1. The number of hydrogen-bond donors (Lipinski definition) is 0. The van der Waals surface area contributed by atoms with Crippen molar-refractivity contribution in [3.05, 3.63) is 54.1 Å². The molecule has 2 nitrogen and oxygen atoms in total. The summed E-state index contributed by atoms with van der Waals surface area (Å²) in [6, 6.07) is 17.3. The van der Waals surface area contributed by atoms with Gasteiger partial charge < -0.3 is 4.74 Å². The van der Waals surface area contributed by atoms with Gasteiger partial charge >= 0.3 is 0 Å². The lowest BCUT2D eigenvalue weighted by molar-refractivity contribution is 0.479. The normalized spacial score (nSPS) is 9.65. The van der Waals surface area contributed by atoms with Gasteiger partial charge in [0.05, 0.1) is 0 Å². The Hall–Kier alpha value is -1.92. The van der Waals surface area contributed by atoms with Crippen molar-refractivity contribution in [3.63, 3.8) is 0 Å². The van der Waals surface area contributed by atoms with Crippen LogP contribution in [0.15, 0.2) is 53.4 Å². The van der Waals surface area contributed by atoms with Gasteiger partial charge in [0.2, 0.25) is 0 Å². The number of ether oxygens (including phenoxy) is 1. The molecular weight excluding hydrogens is 230 g/mol. The summed E-state index contributed by atoms with van der Waals surface area (Å²) in [4.78, 5) is 0.931. The lowest BCUT2D eigenvalue weighted by atomic mass is 10.2. The zero-order valence-electron chi connectivity index (χ0n) is 9.38. The average Bonchev–Trinajstić information content (AvgIpc) is 2.39. The van der Waals surface area contributed by atoms with Crippen LogP contribution in [0.3, 0.4) is 0 Å². The number of benzene rings is 2. The Morgan fingerprint density at radius 3 is 2.47 bits per heavy atom. The predicted molar refractivity (Wildman–Crippen MR) is 69.5 cm³/mol. The summed E-state index contributed by atoms with van der Waals surface area (Å²) < 4.78 is 5.71. The van der Waals surface area contributed by atoms with E-state index in [1.807, 2.05) is 54.8 Å². The van der Waals surface area contributed by atoms with Gasteiger partial charge in [-0.05, 0) is 30.5 Å². The van der Waals surface area contributed by atoms with Crippen molar-refractivity contribution in [1.29, 1.82) is 5.26 Å². The highest BCUT2D eigenvalue weighted by Gasteiger charge is 2.08. The molecule has 0 amide bonds. The molecule has 0 saturated heterocycles. The molecule has 0 spiro atoms. The fourth-order valence-electron chi connectivity index (χ4n) is 1.49. The third kappa shape index (κ3) is 2.61. The third-order valence-electron chi connectivity index (χ3n) is 2.29. The van der Waals surface area contributed by atoms with Gasteiger partial charge in [-0.2, -0.15) is 5.26 Å². The fraction of sp³-hybridized carbons (Fsp3) is 0.0714. The molecule has 0 aliphatic carbocycles. The molecule has 0 bridgehead atoms. The number of hydrogen-bond acceptors (Lipinski definition) is 3. The van der Waals surface area contributed by atoms with Gasteiger partial charge in [0.1, 0.15) is 23.1 Å². The summed E-state index contributed by atoms with van der Waals surface area (Å²) in [5.74, 6) is 1.34. The van der Waals surface area contributed by atoms with Gasteiger partial charge in [0.25, 0.3) is 0 Å². The second-order valence-electron chi connectivity index (χ2n) is 3.36. The number of thioether (sulfide) groups is 1. The van der Waals surface area contributed by atoms with E-state index in [2.05, 4.69) is 6.07 Å². The van der Waals surface area contributed by atoms with Crippen LogP contribution in [0.2, 0.25) is 0 Å². The molecule has 0 radical (unpaired) electrons. The standard InChI is InChI=1S/C14H11NOS/c1-17-14-9-5-8-13(12(14)10-15)16-11-6-3-2-4-7-11/h2-9H,1H3. The summed E-state index contributed by atoms with van der Waals surface area (Å²) in [6.45, 7) is 0. The average molecular weight is 241 g/mol. The van der Waals surface area contributed by atoms with E-state index in [-0.39, 0.29) is 0 Å². The van der Waals surface area contributed by atoms with Gasteiger partial charge in [0, 0.05) is 4.90 Å². The van der Waals surface area contributed by atoms with Crippen LogP contribution in [0.1, 0.15) is 5.56 Å². The second-order valence-corrected chi connectivity index (χ2v) is 4.21. The minimum absolute atomic E-state index is 0.587. The Labute approximate surface area is 105 Å². The van der Waals surface area contributed by atoms with E-state index in [9.17, 15) is 0 Å². The van der Waals surface area contributed by atoms with Gasteiger partial charge in [-0.3, -0.25) is 0 Å². The van der Waals surface area contributed by atoms with Crippen LogP contribution in [-0.2, 0) is 0 Å². The highest BCUT2D eigenvalue weighted by Crippen LogP contribution is 2.31. The Kier molecular flexibility index (Phi) is 3.69. The summed E-state index contributed by atoms with van der Waals surface area (Å²) in [5.41, 5.74) is 0.587. The zero-order valence-corrected chi connectivity index (χ0v) is 10.2. The molecule has 84 valence electrons. The highest BCUT2D eigenvalue weighted by atomic mass is 32.2. The SMILES string of the molecule is CSc1cccc(Oc2ccccc2)c1C#N. The third-order valence-corrected chi connectivity index (χ3v) is 3.07. The molecule has 0 aliphatic heterocycles. The second kappa shape index (κ2) is 5.42. The van der Waals surface area contributed by atoms with E-state index in [1.165, 1.54) is 0 Å². The van der Waals surface area contributed by atoms with Crippen LogP contribution >= 0.6 is 11.8 Å². The first-order valence-electron chi connectivity index (χ1n) is 5.15. The van der Waals surface area contributed by atoms with Gasteiger partial charge in [0.15, 0.2) is 0 Å². The largest absolute Gasteiger partial charge is 0.456 e. The molecule has 0 unspecified atom stereocenters. The van der Waals surface area contributed by atoms with Gasteiger partial charge in [-0.25, -0.2) is 0 Å². The molecule has 0 aliphatic rings. The van der Waals surface area contributed by atoms with Gasteiger partial charge in [-0.15, -0.1) is 11.8 Å². The maximum Gasteiger partial charge on any atom is 0.146 e. The number of nitriles is 1.